The Morgan fingerprint density at radius 2 is 1.26 bits per heavy atom. The van der Waals surface area contributed by atoms with E-state index in [4.69, 9.17) is 9.47 Å². The van der Waals surface area contributed by atoms with Crippen LogP contribution in [-0.2, 0) is 43.2 Å². The van der Waals surface area contributed by atoms with Crippen LogP contribution in [0.2, 0.25) is 0 Å². The first-order valence-electron chi connectivity index (χ1n) is 20.5. The van der Waals surface area contributed by atoms with Crippen LogP contribution in [0.3, 0.4) is 0 Å². The highest BCUT2D eigenvalue weighted by atomic mass is 16.6. The molecular weight excluding hydrogens is 777 g/mol. The van der Waals surface area contributed by atoms with Gasteiger partial charge in [0, 0.05) is 55.7 Å². The van der Waals surface area contributed by atoms with Gasteiger partial charge in [0.25, 0.3) is 0 Å². The lowest BCUT2D eigenvalue weighted by Gasteiger charge is -2.38. The van der Waals surface area contributed by atoms with Gasteiger partial charge in [0.15, 0.2) is 0 Å². The standard InChI is InChI=1S/C48H58N4O9/c1-31(44(56)57)42-38(37-20-14-15-21-39(37)49-42)28-36(29-41(53)54)51(45(58)60-47(2,3)4)24-25-52(46(59)61-48(5,6)7)40(43(55)50(8)30-32-16-10-9-11-17-32)27-33-22-23-34-18-12-13-19-35(34)26-33/h9-23,26,31,36,40,49H,24-25,27-30H2,1-8H3,(H,53,54)(H,56,57)/t31?,36-,40-/m0/s1. The van der Waals surface area contributed by atoms with Gasteiger partial charge in [0.1, 0.15) is 17.2 Å². The van der Waals surface area contributed by atoms with Crippen LogP contribution in [0.15, 0.2) is 97.1 Å². The van der Waals surface area contributed by atoms with Crippen LogP contribution in [-0.4, -0.2) is 103 Å². The van der Waals surface area contributed by atoms with Crippen LogP contribution in [0, 0.1) is 0 Å². The molecule has 0 fully saturated rings. The van der Waals surface area contributed by atoms with Crippen LogP contribution in [0.25, 0.3) is 21.7 Å². The van der Waals surface area contributed by atoms with E-state index in [1.165, 1.54) is 16.7 Å². The third-order valence-electron chi connectivity index (χ3n) is 10.3. The second kappa shape index (κ2) is 19.3. The van der Waals surface area contributed by atoms with Crippen molar-refractivity contribution in [3.05, 3.63) is 119 Å². The number of carboxylic acid groups (broad SMARTS) is 2. The average Bonchev–Trinajstić information content (AvgIpc) is 3.54. The molecule has 0 aliphatic carbocycles. The van der Waals surface area contributed by atoms with Crippen molar-refractivity contribution in [2.75, 3.05) is 20.1 Å². The van der Waals surface area contributed by atoms with E-state index in [1.807, 2.05) is 78.9 Å². The number of fused-ring (bicyclic) bond motifs is 2. The SMILES string of the molecule is CC(C(=O)O)c1[nH]c2ccccc2c1C[C@@H](CC(=O)O)N(CCN(C(=O)OC(C)(C)C)[C@@H](Cc1ccc2ccccc2c1)C(=O)N(C)Cc1ccccc1)C(=O)OC(C)(C)C. The number of aromatic amines is 1. The van der Waals surface area contributed by atoms with Crippen LogP contribution >= 0.6 is 0 Å². The third kappa shape index (κ3) is 12.3. The van der Waals surface area contributed by atoms with E-state index in [9.17, 15) is 34.2 Å². The summed E-state index contributed by atoms with van der Waals surface area (Å²) in [7, 11) is 1.67. The maximum atomic E-state index is 14.8. The molecule has 1 heterocycles. The Hall–Kier alpha value is -6.37. The number of amides is 3. The molecule has 0 radical (unpaired) electrons. The topological polar surface area (TPSA) is 170 Å². The van der Waals surface area contributed by atoms with E-state index in [0.717, 1.165) is 21.9 Å². The van der Waals surface area contributed by atoms with E-state index in [0.29, 0.717) is 22.2 Å². The summed E-state index contributed by atoms with van der Waals surface area (Å²) in [6.07, 6.45) is -2.14. The average molecular weight is 835 g/mol. The lowest BCUT2D eigenvalue weighted by atomic mass is 9.94. The predicted molar refractivity (Wildman–Crippen MR) is 234 cm³/mol. The Bertz CT molecular complexity index is 2340. The van der Waals surface area contributed by atoms with Gasteiger partial charge in [-0.1, -0.05) is 91.0 Å². The number of hydrogen-bond donors (Lipinski definition) is 3. The van der Waals surface area contributed by atoms with Crippen molar-refractivity contribution < 1.29 is 43.7 Å². The first-order chi connectivity index (χ1) is 28.7. The van der Waals surface area contributed by atoms with Crippen LogP contribution in [0.4, 0.5) is 9.59 Å². The Morgan fingerprint density at radius 1 is 0.689 bits per heavy atom. The molecule has 324 valence electrons. The molecule has 3 amide bonds. The minimum absolute atomic E-state index is 0.0613. The van der Waals surface area contributed by atoms with Crippen molar-refractivity contribution in [1.82, 2.24) is 19.7 Å². The number of hydrogen-bond acceptors (Lipinski definition) is 7. The maximum Gasteiger partial charge on any atom is 0.411 e. The van der Waals surface area contributed by atoms with E-state index in [2.05, 4.69) is 4.98 Å². The van der Waals surface area contributed by atoms with E-state index < -0.39 is 59.7 Å². The molecule has 0 saturated carbocycles. The number of nitrogens with one attached hydrogen (secondary N) is 1. The van der Waals surface area contributed by atoms with Crippen molar-refractivity contribution in [3.8, 4) is 0 Å². The summed E-state index contributed by atoms with van der Waals surface area (Å²) in [6.45, 7) is 11.5. The number of likely N-dealkylation sites (N-methyl/N-ethyl adjacent to an activating group) is 1. The summed E-state index contributed by atoms with van der Waals surface area (Å²) in [6, 6.07) is 28.2. The zero-order valence-electron chi connectivity index (χ0n) is 36.3. The monoisotopic (exact) mass is 834 g/mol. The smallest absolute Gasteiger partial charge is 0.411 e. The summed E-state index contributed by atoms with van der Waals surface area (Å²) in [5, 5.41) is 23.0. The molecule has 0 aliphatic rings. The van der Waals surface area contributed by atoms with Gasteiger partial charge >= 0.3 is 24.1 Å². The molecule has 0 spiro atoms. The van der Waals surface area contributed by atoms with Crippen molar-refractivity contribution in [1.29, 1.82) is 0 Å². The van der Waals surface area contributed by atoms with Crippen molar-refractivity contribution in [2.45, 2.75) is 103 Å². The Morgan fingerprint density at radius 3 is 1.89 bits per heavy atom. The first-order valence-corrected chi connectivity index (χ1v) is 20.5. The third-order valence-corrected chi connectivity index (χ3v) is 10.3. The number of carbonyl (C=O) groups excluding carboxylic acids is 3. The number of aromatic nitrogens is 1. The zero-order chi connectivity index (χ0) is 44.6. The molecule has 5 aromatic rings. The fourth-order valence-electron chi connectivity index (χ4n) is 7.43. The van der Waals surface area contributed by atoms with Crippen molar-refractivity contribution in [3.63, 3.8) is 0 Å². The Labute approximate surface area is 357 Å². The number of para-hydroxylation sites is 1. The molecule has 13 heteroatoms. The molecule has 13 nitrogen and oxygen atoms in total. The van der Waals surface area contributed by atoms with E-state index in [-0.39, 0.29) is 38.4 Å². The summed E-state index contributed by atoms with van der Waals surface area (Å²) < 4.78 is 11.9. The summed E-state index contributed by atoms with van der Waals surface area (Å²) >= 11 is 0. The van der Waals surface area contributed by atoms with Crippen LogP contribution < -0.4 is 0 Å². The molecule has 4 aromatic carbocycles. The highest BCUT2D eigenvalue weighted by Crippen LogP contribution is 2.31. The number of rotatable bonds is 16. The van der Waals surface area contributed by atoms with Gasteiger partial charge < -0.3 is 34.5 Å². The number of carboxylic acids is 2. The molecule has 0 aliphatic heterocycles. The molecule has 1 unspecified atom stereocenters. The maximum absolute atomic E-state index is 14.8. The number of benzene rings is 4. The summed E-state index contributed by atoms with van der Waals surface area (Å²) in [5.74, 6) is -3.65. The normalized spacial score (nSPS) is 13.2. The number of carbonyl (C=O) groups is 5. The van der Waals surface area contributed by atoms with Crippen LogP contribution in [0.5, 0.6) is 0 Å². The lowest BCUT2D eigenvalue weighted by molar-refractivity contribution is -0.139. The van der Waals surface area contributed by atoms with Gasteiger partial charge in [-0.3, -0.25) is 19.3 Å². The minimum atomic E-state index is -1.21. The predicted octanol–water partition coefficient (Wildman–Crippen LogP) is 8.64. The number of nitrogens with zero attached hydrogens (tertiary/aromatic N) is 3. The fraction of sp³-hybridized carbons (Fsp3) is 0.396. The van der Waals surface area contributed by atoms with Gasteiger partial charge in [-0.15, -0.1) is 0 Å². The quantitative estimate of drug-likeness (QED) is 0.0881. The number of H-pyrrole nitrogens is 1. The molecule has 3 atom stereocenters. The van der Waals surface area contributed by atoms with E-state index in [1.54, 1.807) is 71.7 Å². The Balaban J connectivity index is 1.61. The molecule has 0 saturated heterocycles. The van der Waals surface area contributed by atoms with E-state index >= 15 is 0 Å². The van der Waals surface area contributed by atoms with Crippen LogP contribution in [0.1, 0.15) is 83.2 Å². The molecule has 5 rings (SSSR count). The molecule has 61 heavy (non-hydrogen) atoms. The number of aliphatic carboxylic acids is 2. The zero-order valence-corrected chi connectivity index (χ0v) is 36.3. The molecular formula is C48H58N4O9. The largest absolute Gasteiger partial charge is 0.481 e. The molecule has 1 aromatic heterocycles. The summed E-state index contributed by atoms with van der Waals surface area (Å²) in [5.41, 5.74) is 1.29. The van der Waals surface area contributed by atoms with Gasteiger partial charge in [-0.05, 0) is 88.4 Å². The highest BCUT2D eigenvalue weighted by Gasteiger charge is 2.38. The molecule has 0 bridgehead atoms. The minimum Gasteiger partial charge on any atom is -0.481 e. The Kier molecular flexibility index (Phi) is 14.5. The fourth-order valence-corrected chi connectivity index (χ4v) is 7.43. The second-order valence-corrected chi connectivity index (χ2v) is 17.5. The van der Waals surface area contributed by atoms with Gasteiger partial charge in [-0.25, -0.2) is 9.59 Å². The lowest BCUT2D eigenvalue weighted by Crippen LogP contribution is -2.55. The second-order valence-electron chi connectivity index (χ2n) is 17.5. The highest BCUT2D eigenvalue weighted by molar-refractivity contribution is 5.89. The van der Waals surface area contributed by atoms with Crippen molar-refractivity contribution >= 4 is 51.7 Å². The summed E-state index contributed by atoms with van der Waals surface area (Å²) in [4.78, 5) is 76.0. The van der Waals surface area contributed by atoms with Crippen molar-refractivity contribution in [2.24, 2.45) is 0 Å². The van der Waals surface area contributed by atoms with Gasteiger partial charge in [0.2, 0.25) is 5.91 Å². The first kappa shape index (κ1) is 45.7. The van der Waals surface area contributed by atoms with Gasteiger partial charge in [-0.2, -0.15) is 0 Å². The molecule has 3 N–H and O–H groups in total. The van der Waals surface area contributed by atoms with Gasteiger partial charge in [0.05, 0.1) is 12.3 Å². The number of ether oxygens (including phenoxy) is 2.